The van der Waals surface area contributed by atoms with Crippen LogP contribution in [0.3, 0.4) is 0 Å². The molecule has 0 atom stereocenters. The van der Waals surface area contributed by atoms with Crippen LogP contribution in [0.2, 0.25) is 15.1 Å². The van der Waals surface area contributed by atoms with Gasteiger partial charge in [-0.1, -0.05) is 34.8 Å². The highest BCUT2D eigenvalue weighted by atomic mass is 127. The molecule has 1 amide bonds. The number of carbonyl (C=O) groups is 1. The number of nitrogens with zero attached hydrogens (tertiary/aromatic N) is 3. The Morgan fingerprint density at radius 2 is 1.65 bits per heavy atom. The first-order valence-corrected chi connectivity index (χ1v) is 11.2. The molecule has 2 aromatic carbocycles. The minimum atomic E-state index is -0.399. The Morgan fingerprint density at radius 3 is 2.26 bits per heavy atom. The molecular formula is C21H14Cl3IN4O2. The Balaban J connectivity index is 1.77. The Bertz CT molecular complexity index is 1320. The summed E-state index contributed by atoms with van der Waals surface area (Å²) in [5.74, 6) is -0.312. The van der Waals surface area contributed by atoms with Gasteiger partial charge in [0.2, 0.25) is 0 Å². The number of aromatic amines is 1. The Hall–Kier alpha value is -2.07. The molecule has 0 aliphatic carbocycles. The third-order valence-electron chi connectivity index (χ3n) is 4.74. The van der Waals surface area contributed by atoms with Crippen molar-refractivity contribution in [2.75, 3.05) is 5.01 Å². The molecule has 10 heteroatoms. The van der Waals surface area contributed by atoms with Gasteiger partial charge in [-0.2, -0.15) is 10.1 Å². The van der Waals surface area contributed by atoms with Gasteiger partial charge >= 0.3 is 0 Å². The molecule has 0 radical (unpaired) electrons. The second-order valence-corrected chi connectivity index (χ2v) is 9.34. The van der Waals surface area contributed by atoms with E-state index in [1.807, 2.05) is 24.3 Å². The first kappa shape index (κ1) is 22.1. The van der Waals surface area contributed by atoms with Crippen LogP contribution in [0.1, 0.15) is 18.2 Å². The summed E-state index contributed by atoms with van der Waals surface area (Å²) in [6, 6.07) is 10.4. The van der Waals surface area contributed by atoms with Crippen LogP contribution in [-0.4, -0.2) is 21.4 Å². The third-order valence-corrected chi connectivity index (χ3v) is 6.26. The number of rotatable bonds is 3. The number of aryl methyl sites for hydroxylation is 1. The van der Waals surface area contributed by atoms with Gasteiger partial charge in [-0.25, -0.2) is 4.68 Å². The van der Waals surface area contributed by atoms with E-state index in [0.717, 1.165) is 3.57 Å². The summed E-state index contributed by atoms with van der Waals surface area (Å²) >= 11 is 20.7. The van der Waals surface area contributed by atoms with Crippen LogP contribution in [0.15, 0.2) is 51.9 Å². The predicted octanol–water partition coefficient (Wildman–Crippen LogP) is 5.84. The van der Waals surface area contributed by atoms with Crippen molar-refractivity contribution >= 4 is 80.8 Å². The molecule has 0 bridgehead atoms. The summed E-state index contributed by atoms with van der Waals surface area (Å²) in [6.45, 7) is 3.45. The van der Waals surface area contributed by atoms with Crippen LogP contribution in [-0.2, 0) is 4.79 Å². The second-order valence-electron chi connectivity index (χ2n) is 6.85. The van der Waals surface area contributed by atoms with Gasteiger partial charge in [0.1, 0.15) is 5.69 Å². The van der Waals surface area contributed by atoms with Crippen molar-refractivity contribution < 1.29 is 4.79 Å². The zero-order valence-corrected chi connectivity index (χ0v) is 20.6. The van der Waals surface area contributed by atoms with Crippen molar-refractivity contribution in [1.29, 1.82) is 0 Å². The van der Waals surface area contributed by atoms with Gasteiger partial charge in [0.15, 0.2) is 0 Å². The molecule has 31 heavy (non-hydrogen) atoms. The molecule has 0 saturated carbocycles. The van der Waals surface area contributed by atoms with E-state index in [-0.39, 0.29) is 21.6 Å². The number of hydrogen-bond donors (Lipinski definition) is 1. The number of halogens is 4. The molecule has 1 aromatic heterocycles. The van der Waals surface area contributed by atoms with E-state index in [1.165, 1.54) is 27.9 Å². The number of anilines is 1. The second kappa shape index (κ2) is 8.46. The van der Waals surface area contributed by atoms with Crippen molar-refractivity contribution in [3.05, 3.63) is 82.2 Å². The zero-order valence-electron chi connectivity index (χ0n) is 16.2. The standard InChI is InChI=1S/C21H14Cl3IN4O2/c1-10-15(20(30)28(26-10)14-5-3-13(25)4-6-14)9-16-11(2)27-29(21(16)31)19-17(23)7-12(22)8-18(19)24/h3-9,27H,1-2H3/b15-9-. The number of aromatic nitrogens is 2. The van der Waals surface area contributed by atoms with Gasteiger partial charge in [-0.3, -0.25) is 14.7 Å². The fourth-order valence-electron chi connectivity index (χ4n) is 3.22. The maximum atomic E-state index is 13.1. The number of hydrogen-bond acceptors (Lipinski definition) is 3. The largest absolute Gasteiger partial charge is 0.295 e. The van der Waals surface area contributed by atoms with E-state index in [0.29, 0.717) is 33.3 Å². The Morgan fingerprint density at radius 1 is 1.03 bits per heavy atom. The van der Waals surface area contributed by atoms with Gasteiger partial charge in [-0.15, -0.1) is 0 Å². The lowest BCUT2D eigenvalue weighted by Crippen LogP contribution is -2.22. The minimum Gasteiger partial charge on any atom is -0.295 e. The summed E-state index contributed by atoms with van der Waals surface area (Å²) in [4.78, 5) is 26.2. The number of carbonyl (C=O) groups excluding carboxylic acids is 1. The van der Waals surface area contributed by atoms with Gasteiger partial charge < -0.3 is 0 Å². The molecule has 0 saturated heterocycles. The highest BCUT2D eigenvalue weighted by Gasteiger charge is 2.29. The number of amides is 1. The lowest BCUT2D eigenvalue weighted by atomic mass is 10.1. The van der Waals surface area contributed by atoms with E-state index < -0.39 is 5.56 Å². The lowest BCUT2D eigenvalue weighted by Gasteiger charge is -2.11. The van der Waals surface area contributed by atoms with Gasteiger partial charge in [0.05, 0.1) is 32.6 Å². The Labute approximate surface area is 206 Å². The molecule has 0 spiro atoms. The SMILES string of the molecule is CC1=NN(c2ccc(I)cc2)C(=O)/C1=C\c1c(C)[nH]n(-c2c(Cl)cc(Cl)cc2Cl)c1=O. The monoisotopic (exact) mass is 586 g/mol. The lowest BCUT2D eigenvalue weighted by molar-refractivity contribution is -0.114. The molecule has 1 N–H and O–H groups in total. The number of hydrazone groups is 1. The number of benzene rings is 2. The normalized spacial score (nSPS) is 15.2. The summed E-state index contributed by atoms with van der Waals surface area (Å²) in [6.07, 6.45) is 1.54. The fourth-order valence-corrected chi connectivity index (χ4v) is 4.57. The summed E-state index contributed by atoms with van der Waals surface area (Å²) in [5, 5.41) is 9.45. The van der Waals surface area contributed by atoms with Crippen LogP contribution in [0.5, 0.6) is 0 Å². The summed E-state index contributed by atoms with van der Waals surface area (Å²) in [5.41, 5.74) is 2.24. The van der Waals surface area contributed by atoms with Crippen LogP contribution in [0.4, 0.5) is 5.69 Å². The maximum Gasteiger partial charge on any atom is 0.280 e. The van der Waals surface area contributed by atoms with Crippen molar-refractivity contribution in [2.45, 2.75) is 13.8 Å². The van der Waals surface area contributed by atoms with Crippen LogP contribution in [0.25, 0.3) is 11.8 Å². The van der Waals surface area contributed by atoms with Crippen LogP contribution < -0.4 is 10.6 Å². The maximum absolute atomic E-state index is 13.1. The Kier molecular flexibility index (Phi) is 6.04. The van der Waals surface area contributed by atoms with E-state index in [9.17, 15) is 9.59 Å². The zero-order chi connectivity index (χ0) is 22.4. The minimum absolute atomic E-state index is 0.222. The highest BCUT2D eigenvalue weighted by Crippen LogP contribution is 2.32. The van der Waals surface area contributed by atoms with Gasteiger partial charge in [0, 0.05) is 14.3 Å². The summed E-state index contributed by atoms with van der Waals surface area (Å²) < 4.78 is 2.29. The van der Waals surface area contributed by atoms with Crippen molar-refractivity contribution in [3.63, 3.8) is 0 Å². The van der Waals surface area contributed by atoms with E-state index in [1.54, 1.807) is 13.8 Å². The van der Waals surface area contributed by atoms with Crippen molar-refractivity contribution in [3.8, 4) is 5.69 Å². The number of H-pyrrole nitrogens is 1. The molecule has 1 aliphatic rings. The molecule has 158 valence electrons. The predicted molar refractivity (Wildman–Crippen MR) is 134 cm³/mol. The first-order chi connectivity index (χ1) is 14.7. The molecule has 6 nitrogen and oxygen atoms in total. The van der Waals surface area contributed by atoms with Gasteiger partial charge in [0.25, 0.3) is 11.5 Å². The van der Waals surface area contributed by atoms with Crippen LogP contribution >= 0.6 is 57.4 Å². The van der Waals surface area contributed by atoms with Crippen LogP contribution in [0, 0.1) is 10.5 Å². The van der Waals surface area contributed by atoms with E-state index in [4.69, 9.17) is 34.8 Å². The average molecular weight is 588 g/mol. The first-order valence-electron chi connectivity index (χ1n) is 9.01. The molecule has 0 fully saturated rings. The smallest absolute Gasteiger partial charge is 0.280 e. The molecule has 4 rings (SSSR count). The van der Waals surface area contributed by atoms with Gasteiger partial charge in [-0.05, 0) is 78.9 Å². The van der Waals surface area contributed by atoms with Crippen molar-refractivity contribution in [2.24, 2.45) is 5.10 Å². The van der Waals surface area contributed by atoms with E-state index >= 15 is 0 Å². The molecule has 0 unspecified atom stereocenters. The quantitative estimate of drug-likeness (QED) is 0.309. The van der Waals surface area contributed by atoms with Crippen molar-refractivity contribution in [1.82, 2.24) is 9.78 Å². The summed E-state index contributed by atoms with van der Waals surface area (Å²) in [7, 11) is 0. The fraction of sp³-hybridized carbons (Fsp3) is 0.0952. The number of nitrogens with one attached hydrogen (secondary N) is 1. The topological polar surface area (TPSA) is 70.5 Å². The molecular weight excluding hydrogens is 574 g/mol. The molecule has 1 aliphatic heterocycles. The molecule has 3 aromatic rings. The van der Waals surface area contributed by atoms with E-state index in [2.05, 4.69) is 32.8 Å². The third kappa shape index (κ3) is 4.07. The molecule has 2 heterocycles. The average Bonchev–Trinajstić information content (AvgIpc) is 3.13. The highest BCUT2D eigenvalue weighted by molar-refractivity contribution is 14.1.